The number of hydrogen-bond acceptors (Lipinski definition) is 4. The first-order valence-corrected chi connectivity index (χ1v) is 9.41. The number of nitro benzene ring substituents is 1. The van der Waals surface area contributed by atoms with Crippen LogP contribution in [0.25, 0.3) is 10.9 Å². The summed E-state index contributed by atoms with van der Waals surface area (Å²) in [5.74, 6) is -0.796. The van der Waals surface area contributed by atoms with Crippen molar-refractivity contribution in [1.82, 2.24) is 9.78 Å². The van der Waals surface area contributed by atoms with Gasteiger partial charge in [0.05, 0.1) is 21.0 Å². The quantitative estimate of drug-likeness (QED) is 0.323. The van der Waals surface area contributed by atoms with Crippen LogP contribution in [0.15, 0.2) is 40.9 Å². The second-order valence-corrected chi connectivity index (χ2v) is 7.50. The summed E-state index contributed by atoms with van der Waals surface area (Å²) in [6.07, 6.45) is 3.98. The number of aromatic nitrogens is 2. The van der Waals surface area contributed by atoms with Gasteiger partial charge < -0.3 is 0 Å². The third-order valence-corrected chi connectivity index (χ3v) is 5.58. The SMILES string of the molecule is O=C(c1ccc(F)c(Br)c1)c1nn(C2CCCC2)c2cc([N+](=O)[O-])ccc12. The number of halogens is 2. The lowest BCUT2D eigenvalue weighted by Crippen LogP contribution is -2.09. The molecule has 6 nitrogen and oxygen atoms in total. The van der Waals surface area contributed by atoms with E-state index >= 15 is 0 Å². The number of carbonyl (C=O) groups excluding carboxylic acids is 1. The minimum absolute atomic E-state index is 0.0369. The van der Waals surface area contributed by atoms with Gasteiger partial charge in [-0.05, 0) is 53.0 Å². The Morgan fingerprint density at radius 3 is 2.63 bits per heavy atom. The van der Waals surface area contributed by atoms with E-state index in [4.69, 9.17) is 0 Å². The third kappa shape index (κ3) is 3.14. The maximum Gasteiger partial charge on any atom is 0.271 e. The molecule has 1 saturated carbocycles. The highest BCUT2D eigenvalue weighted by molar-refractivity contribution is 9.10. The summed E-state index contributed by atoms with van der Waals surface area (Å²) < 4.78 is 15.5. The molecular formula is C19H15BrFN3O3. The number of rotatable bonds is 4. The number of nitro groups is 1. The number of nitrogens with zero attached hydrogens (tertiary/aromatic N) is 3. The molecule has 0 bridgehead atoms. The summed E-state index contributed by atoms with van der Waals surface area (Å²) in [7, 11) is 0. The number of non-ortho nitro benzene ring substituents is 1. The molecular weight excluding hydrogens is 417 g/mol. The van der Waals surface area contributed by atoms with E-state index in [0.29, 0.717) is 16.5 Å². The Hall–Kier alpha value is -2.61. The van der Waals surface area contributed by atoms with Crippen LogP contribution in [0.5, 0.6) is 0 Å². The van der Waals surface area contributed by atoms with Gasteiger partial charge in [0.25, 0.3) is 5.69 Å². The second kappa shape index (κ2) is 6.84. The van der Waals surface area contributed by atoms with Gasteiger partial charge in [-0.3, -0.25) is 19.6 Å². The maximum absolute atomic E-state index is 13.5. The van der Waals surface area contributed by atoms with Gasteiger partial charge >= 0.3 is 0 Å². The lowest BCUT2D eigenvalue weighted by Gasteiger charge is -2.10. The Morgan fingerprint density at radius 1 is 1.22 bits per heavy atom. The molecule has 0 saturated heterocycles. The van der Waals surface area contributed by atoms with Gasteiger partial charge in [0.2, 0.25) is 5.78 Å². The van der Waals surface area contributed by atoms with E-state index in [2.05, 4.69) is 21.0 Å². The van der Waals surface area contributed by atoms with Crippen molar-refractivity contribution in [1.29, 1.82) is 0 Å². The molecule has 138 valence electrons. The van der Waals surface area contributed by atoms with Crippen LogP contribution in [0, 0.1) is 15.9 Å². The topological polar surface area (TPSA) is 78.0 Å². The molecule has 1 heterocycles. The highest BCUT2D eigenvalue weighted by Gasteiger charge is 2.26. The molecule has 1 aliphatic rings. The van der Waals surface area contributed by atoms with Gasteiger partial charge in [-0.2, -0.15) is 5.10 Å². The van der Waals surface area contributed by atoms with E-state index in [0.717, 1.165) is 25.7 Å². The van der Waals surface area contributed by atoms with Crippen LogP contribution in [0.1, 0.15) is 47.8 Å². The largest absolute Gasteiger partial charge is 0.287 e. The maximum atomic E-state index is 13.5. The lowest BCUT2D eigenvalue weighted by atomic mass is 10.0. The normalized spacial score (nSPS) is 14.7. The van der Waals surface area contributed by atoms with Crippen LogP contribution >= 0.6 is 15.9 Å². The fourth-order valence-electron chi connectivity index (χ4n) is 3.61. The number of benzene rings is 2. The van der Waals surface area contributed by atoms with Crippen LogP contribution in [-0.4, -0.2) is 20.5 Å². The lowest BCUT2D eigenvalue weighted by molar-refractivity contribution is -0.384. The highest BCUT2D eigenvalue weighted by Crippen LogP contribution is 2.34. The van der Waals surface area contributed by atoms with Crippen molar-refractivity contribution in [2.45, 2.75) is 31.7 Å². The number of carbonyl (C=O) groups is 1. The van der Waals surface area contributed by atoms with Crippen molar-refractivity contribution in [3.8, 4) is 0 Å². The van der Waals surface area contributed by atoms with Crippen LogP contribution in [0.3, 0.4) is 0 Å². The van der Waals surface area contributed by atoms with Crippen molar-refractivity contribution in [3.63, 3.8) is 0 Å². The van der Waals surface area contributed by atoms with Gasteiger partial charge in [-0.1, -0.05) is 12.8 Å². The molecule has 0 unspecified atom stereocenters. The van der Waals surface area contributed by atoms with Crippen LogP contribution < -0.4 is 0 Å². The van der Waals surface area contributed by atoms with Crippen molar-refractivity contribution in [2.75, 3.05) is 0 Å². The van der Waals surface area contributed by atoms with E-state index in [9.17, 15) is 19.3 Å². The predicted octanol–water partition coefficient (Wildman–Crippen LogP) is 5.19. The Balaban J connectivity index is 1.88. The summed E-state index contributed by atoms with van der Waals surface area (Å²) in [6, 6.07) is 8.59. The summed E-state index contributed by atoms with van der Waals surface area (Å²) in [5.41, 5.74) is 1.08. The molecule has 0 atom stereocenters. The number of ketones is 1. The molecule has 2 aromatic carbocycles. The first-order chi connectivity index (χ1) is 13.0. The molecule has 4 rings (SSSR count). The molecule has 1 aliphatic carbocycles. The predicted molar refractivity (Wildman–Crippen MR) is 101 cm³/mol. The van der Waals surface area contributed by atoms with Crippen LogP contribution in [0.2, 0.25) is 0 Å². The number of hydrogen-bond donors (Lipinski definition) is 0. The molecule has 1 fully saturated rings. The van der Waals surface area contributed by atoms with Crippen LogP contribution in [0.4, 0.5) is 10.1 Å². The Morgan fingerprint density at radius 2 is 1.96 bits per heavy atom. The molecule has 27 heavy (non-hydrogen) atoms. The zero-order chi connectivity index (χ0) is 19.1. The minimum Gasteiger partial charge on any atom is -0.287 e. The van der Waals surface area contributed by atoms with Crippen molar-refractivity contribution < 1.29 is 14.1 Å². The number of fused-ring (bicyclic) bond motifs is 1. The van der Waals surface area contributed by atoms with Crippen LogP contribution in [-0.2, 0) is 0 Å². The molecule has 0 aliphatic heterocycles. The van der Waals surface area contributed by atoms with Gasteiger partial charge in [0.1, 0.15) is 11.5 Å². The average molecular weight is 432 g/mol. The van der Waals surface area contributed by atoms with Crippen molar-refractivity contribution >= 4 is 38.3 Å². The highest BCUT2D eigenvalue weighted by atomic mass is 79.9. The molecule has 1 aromatic heterocycles. The molecule has 8 heteroatoms. The fraction of sp³-hybridized carbons (Fsp3) is 0.263. The smallest absolute Gasteiger partial charge is 0.271 e. The van der Waals surface area contributed by atoms with Gasteiger partial charge in [-0.15, -0.1) is 0 Å². The van der Waals surface area contributed by atoms with E-state index in [1.807, 2.05) is 0 Å². The molecule has 0 radical (unpaired) electrons. The standard InChI is InChI=1S/C19H15BrFN3O3/c20-15-9-11(5-8-16(15)21)19(25)18-14-7-6-13(24(26)27)10-17(14)23(22-18)12-3-1-2-4-12/h5-10,12H,1-4H2. The molecule has 0 amide bonds. The first kappa shape index (κ1) is 17.8. The fourth-order valence-corrected chi connectivity index (χ4v) is 3.99. The first-order valence-electron chi connectivity index (χ1n) is 8.62. The minimum atomic E-state index is -0.455. The Kier molecular flexibility index (Phi) is 4.51. The Labute approximate surface area is 162 Å². The van der Waals surface area contributed by atoms with Crippen molar-refractivity contribution in [2.24, 2.45) is 0 Å². The van der Waals surface area contributed by atoms with E-state index in [-0.39, 0.29) is 27.7 Å². The molecule has 3 aromatic rings. The third-order valence-electron chi connectivity index (χ3n) is 4.97. The van der Waals surface area contributed by atoms with Gasteiger partial charge in [0.15, 0.2) is 0 Å². The molecule has 0 spiro atoms. The average Bonchev–Trinajstić information content (AvgIpc) is 3.30. The van der Waals surface area contributed by atoms with E-state index < -0.39 is 10.7 Å². The van der Waals surface area contributed by atoms with E-state index in [1.165, 1.54) is 30.3 Å². The zero-order valence-electron chi connectivity index (χ0n) is 14.2. The van der Waals surface area contributed by atoms with E-state index in [1.54, 1.807) is 10.7 Å². The van der Waals surface area contributed by atoms with Gasteiger partial charge in [0, 0.05) is 23.1 Å². The van der Waals surface area contributed by atoms with Crippen molar-refractivity contribution in [3.05, 3.63) is 68.1 Å². The molecule has 0 N–H and O–H groups in total. The van der Waals surface area contributed by atoms with Gasteiger partial charge in [-0.25, -0.2) is 4.39 Å². The summed E-state index contributed by atoms with van der Waals surface area (Å²) in [4.78, 5) is 23.7. The summed E-state index contributed by atoms with van der Waals surface area (Å²) in [6.45, 7) is 0. The zero-order valence-corrected chi connectivity index (χ0v) is 15.8. The Bertz CT molecular complexity index is 1070. The second-order valence-electron chi connectivity index (χ2n) is 6.65. The monoisotopic (exact) mass is 431 g/mol. The summed E-state index contributed by atoms with van der Waals surface area (Å²) >= 11 is 3.09. The summed E-state index contributed by atoms with van der Waals surface area (Å²) in [5, 5.41) is 16.3.